The predicted octanol–water partition coefficient (Wildman–Crippen LogP) is 7.08. The molecule has 5 aromatic rings. The number of hydrogen-bond acceptors (Lipinski definition) is 5. The third kappa shape index (κ3) is 5.87. The molecule has 7 nitrogen and oxygen atoms in total. The molecule has 210 valence electrons. The van der Waals surface area contributed by atoms with Crippen molar-refractivity contribution in [2.45, 2.75) is 20.0 Å². The van der Waals surface area contributed by atoms with Crippen molar-refractivity contribution in [1.82, 2.24) is 9.55 Å². The molecule has 0 bridgehead atoms. The number of aromatic nitrogens is 2. The number of hydrogen-bond donors (Lipinski definition) is 0. The van der Waals surface area contributed by atoms with E-state index >= 15 is 0 Å². The van der Waals surface area contributed by atoms with Crippen LogP contribution in [-0.2, 0) is 24.9 Å². The molecule has 0 saturated heterocycles. The summed E-state index contributed by atoms with van der Waals surface area (Å²) in [4.78, 5) is 32.3. The highest BCUT2D eigenvalue weighted by molar-refractivity contribution is 6.38. The lowest BCUT2D eigenvalue weighted by molar-refractivity contribution is -0.117. The lowest BCUT2D eigenvalue weighted by atomic mass is 10.1. The van der Waals surface area contributed by atoms with Gasteiger partial charge in [0.15, 0.2) is 0 Å². The van der Waals surface area contributed by atoms with Crippen molar-refractivity contribution in [2.75, 3.05) is 11.9 Å². The molecule has 0 aliphatic heterocycles. The Hall–Kier alpha value is -4.64. The summed E-state index contributed by atoms with van der Waals surface area (Å²) in [5.41, 5.74) is 4.91. The molecule has 0 fully saturated rings. The summed E-state index contributed by atoms with van der Waals surface area (Å²) in [6.07, 6.45) is 0.0447. The van der Waals surface area contributed by atoms with Gasteiger partial charge in [0.25, 0.3) is 0 Å². The fourth-order valence-corrected chi connectivity index (χ4v) is 5.24. The summed E-state index contributed by atoms with van der Waals surface area (Å²) in [5.74, 6) is 0.226. The molecular weight excluding hydrogens is 571 g/mol. The van der Waals surface area contributed by atoms with Crippen molar-refractivity contribution < 1.29 is 14.3 Å². The predicted molar refractivity (Wildman–Crippen MR) is 164 cm³/mol. The van der Waals surface area contributed by atoms with Crippen LogP contribution in [0.3, 0.4) is 0 Å². The van der Waals surface area contributed by atoms with Crippen LogP contribution < -0.4 is 9.64 Å². The van der Waals surface area contributed by atoms with E-state index in [0.29, 0.717) is 49.6 Å². The monoisotopic (exact) mass is 596 g/mol. The van der Waals surface area contributed by atoms with E-state index in [2.05, 4.69) is 4.98 Å². The number of fused-ring (bicyclic) bond motifs is 1. The van der Waals surface area contributed by atoms with Gasteiger partial charge in [0.1, 0.15) is 12.4 Å². The van der Waals surface area contributed by atoms with E-state index in [4.69, 9.17) is 33.2 Å². The summed E-state index contributed by atoms with van der Waals surface area (Å²) >= 11 is 13.2. The molecule has 2 heterocycles. The minimum Gasteiger partial charge on any atom is -0.489 e. The van der Waals surface area contributed by atoms with E-state index in [1.165, 1.54) is 4.90 Å². The first kappa shape index (κ1) is 28.9. The van der Waals surface area contributed by atoms with E-state index in [-0.39, 0.29) is 24.7 Å². The lowest BCUT2D eigenvalue weighted by Gasteiger charge is -2.21. The fraction of sp³-hybridized carbons (Fsp3) is 0.152. The van der Waals surface area contributed by atoms with Crippen LogP contribution in [0, 0.1) is 18.3 Å². The standard InChI is InChI=1S/C33H26Cl2N4O3/c1-20-4-7-23-16-25(11-13-28(23)37-20)42-19-26-27(34)12-15-29(32(26)35)39(3)31(40)17-24-10-14-30(38(24)2)33(41)22-8-5-21(18-36)6-9-22/h4-16H,17,19H2,1-3H3. The third-order valence-electron chi connectivity index (χ3n) is 7.15. The zero-order valence-corrected chi connectivity index (χ0v) is 24.7. The number of ketones is 1. The molecule has 3 aromatic carbocycles. The molecule has 0 spiro atoms. The van der Waals surface area contributed by atoms with Gasteiger partial charge in [-0.25, -0.2) is 0 Å². The van der Waals surface area contributed by atoms with Crippen molar-refractivity contribution in [2.24, 2.45) is 7.05 Å². The normalized spacial score (nSPS) is 10.9. The van der Waals surface area contributed by atoms with Crippen LogP contribution in [-0.4, -0.2) is 28.3 Å². The molecule has 0 unspecified atom stereocenters. The van der Waals surface area contributed by atoms with E-state index < -0.39 is 0 Å². The number of benzene rings is 3. The highest BCUT2D eigenvalue weighted by Crippen LogP contribution is 2.35. The SMILES string of the molecule is Cc1ccc2cc(OCc3c(Cl)ccc(N(C)C(=O)Cc4ccc(C(=O)c5ccc(C#N)cc5)n4C)c3Cl)ccc2n1. The average Bonchev–Trinajstić information content (AvgIpc) is 3.35. The summed E-state index contributed by atoms with van der Waals surface area (Å²) in [7, 11) is 3.39. The van der Waals surface area contributed by atoms with E-state index in [1.54, 1.807) is 67.2 Å². The Morgan fingerprint density at radius 3 is 2.50 bits per heavy atom. The first-order valence-electron chi connectivity index (χ1n) is 13.1. The first-order valence-corrected chi connectivity index (χ1v) is 13.8. The lowest BCUT2D eigenvalue weighted by Crippen LogP contribution is -2.29. The second kappa shape index (κ2) is 12.1. The number of likely N-dealkylation sites (N-methyl/N-ethyl adjacent to an activating group) is 1. The number of ether oxygens (including phenoxy) is 1. The number of rotatable bonds is 8. The molecule has 0 radical (unpaired) electrons. The Bertz CT molecular complexity index is 1870. The zero-order chi connectivity index (χ0) is 30.0. The van der Waals surface area contributed by atoms with Gasteiger partial charge in [0, 0.05) is 47.0 Å². The molecule has 5 rings (SSSR count). The van der Waals surface area contributed by atoms with Crippen LogP contribution >= 0.6 is 23.2 Å². The number of anilines is 1. The van der Waals surface area contributed by atoms with Crippen molar-refractivity contribution in [3.63, 3.8) is 0 Å². The smallest absolute Gasteiger partial charge is 0.232 e. The van der Waals surface area contributed by atoms with Gasteiger partial charge in [-0.15, -0.1) is 0 Å². The molecule has 0 aliphatic carbocycles. The molecule has 42 heavy (non-hydrogen) atoms. The molecule has 0 aliphatic rings. The molecular formula is C33H26Cl2N4O3. The number of pyridine rings is 1. The van der Waals surface area contributed by atoms with E-state index in [0.717, 1.165) is 16.6 Å². The number of amides is 1. The Kier molecular flexibility index (Phi) is 8.30. The van der Waals surface area contributed by atoms with Crippen LogP contribution in [0.25, 0.3) is 10.9 Å². The maximum absolute atomic E-state index is 13.3. The summed E-state index contributed by atoms with van der Waals surface area (Å²) in [5, 5.41) is 10.7. The van der Waals surface area contributed by atoms with Gasteiger partial charge in [-0.05, 0) is 79.7 Å². The van der Waals surface area contributed by atoms with Crippen molar-refractivity contribution in [1.29, 1.82) is 5.26 Å². The minimum atomic E-state index is -0.220. The van der Waals surface area contributed by atoms with Gasteiger partial charge in [-0.2, -0.15) is 5.26 Å². The number of aryl methyl sites for hydroxylation is 1. The highest BCUT2D eigenvalue weighted by Gasteiger charge is 2.21. The number of carbonyl (C=O) groups is 2. The second-order valence-corrected chi connectivity index (χ2v) is 10.7. The van der Waals surface area contributed by atoms with Gasteiger partial charge < -0.3 is 14.2 Å². The van der Waals surface area contributed by atoms with Crippen molar-refractivity contribution in [3.8, 4) is 11.8 Å². The molecule has 1 amide bonds. The Balaban J connectivity index is 1.30. The Morgan fingerprint density at radius 1 is 1.00 bits per heavy atom. The van der Waals surface area contributed by atoms with E-state index in [9.17, 15) is 9.59 Å². The molecule has 2 aromatic heterocycles. The van der Waals surface area contributed by atoms with Crippen LogP contribution in [0.2, 0.25) is 10.0 Å². The van der Waals surface area contributed by atoms with Crippen molar-refractivity contribution >= 4 is 51.5 Å². The van der Waals surface area contributed by atoms with Gasteiger partial charge >= 0.3 is 0 Å². The largest absolute Gasteiger partial charge is 0.489 e. The Morgan fingerprint density at radius 2 is 1.76 bits per heavy atom. The molecule has 0 atom stereocenters. The quantitative estimate of drug-likeness (QED) is 0.179. The van der Waals surface area contributed by atoms with Crippen LogP contribution in [0.1, 0.15) is 38.6 Å². The molecule has 0 saturated carbocycles. The second-order valence-electron chi connectivity index (χ2n) is 9.87. The van der Waals surface area contributed by atoms with Crippen LogP contribution in [0.4, 0.5) is 5.69 Å². The minimum absolute atomic E-state index is 0.0447. The highest BCUT2D eigenvalue weighted by atomic mass is 35.5. The summed E-state index contributed by atoms with van der Waals surface area (Å²) in [6, 6.07) is 24.9. The molecule has 0 N–H and O–H groups in total. The Labute approximate surface area is 253 Å². The fourth-order valence-electron chi connectivity index (χ4n) is 4.64. The first-order chi connectivity index (χ1) is 20.2. The zero-order valence-electron chi connectivity index (χ0n) is 23.2. The average molecular weight is 598 g/mol. The van der Waals surface area contributed by atoms with Gasteiger partial charge in [0.2, 0.25) is 11.7 Å². The van der Waals surface area contributed by atoms with Gasteiger partial charge in [0.05, 0.1) is 40.0 Å². The summed E-state index contributed by atoms with van der Waals surface area (Å²) < 4.78 is 7.73. The topological polar surface area (TPSA) is 88.2 Å². The maximum Gasteiger partial charge on any atom is 0.232 e. The van der Waals surface area contributed by atoms with Gasteiger partial charge in [-0.1, -0.05) is 29.3 Å². The number of nitriles is 1. The van der Waals surface area contributed by atoms with Crippen LogP contribution in [0.15, 0.2) is 78.9 Å². The van der Waals surface area contributed by atoms with Gasteiger partial charge in [-0.3, -0.25) is 14.6 Å². The number of carbonyl (C=O) groups excluding carboxylic acids is 2. The molecule has 9 heteroatoms. The summed E-state index contributed by atoms with van der Waals surface area (Å²) in [6.45, 7) is 2.05. The third-order valence-corrected chi connectivity index (χ3v) is 7.93. The van der Waals surface area contributed by atoms with Crippen LogP contribution in [0.5, 0.6) is 5.75 Å². The van der Waals surface area contributed by atoms with E-state index in [1.807, 2.05) is 43.3 Å². The maximum atomic E-state index is 13.3. The van der Waals surface area contributed by atoms with Crippen molar-refractivity contribution in [3.05, 3.63) is 123 Å². The number of nitrogens with zero attached hydrogens (tertiary/aromatic N) is 4. The number of halogens is 2.